The highest BCUT2D eigenvalue weighted by molar-refractivity contribution is 5.93. The van der Waals surface area contributed by atoms with E-state index in [0.29, 0.717) is 12.0 Å². The number of hydrogen-bond donors (Lipinski definition) is 1. The van der Waals surface area contributed by atoms with Crippen molar-refractivity contribution in [2.75, 3.05) is 4.90 Å². The van der Waals surface area contributed by atoms with E-state index >= 15 is 0 Å². The molecule has 0 atom stereocenters. The molecule has 6 nitrogen and oxygen atoms in total. The van der Waals surface area contributed by atoms with Gasteiger partial charge in [-0.3, -0.25) is 14.9 Å². The number of nitrogens with zero attached hydrogens (tertiary/aromatic N) is 2. The number of nitrogens with two attached hydrogens (primary N) is 1. The third kappa shape index (κ3) is 2.37. The third-order valence-corrected chi connectivity index (χ3v) is 2.57. The standard InChI is InChI=1S/C12H11N3O3/c13-12(16)9-2-1-7-14(8-9)10-3-5-11(6-4-10)15(17)18/h1,3-8H,2H2,(H2,13,16). The number of non-ortho nitro benzene ring substituents is 1. The highest BCUT2D eigenvalue weighted by atomic mass is 16.6. The molecule has 92 valence electrons. The number of anilines is 1. The van der Waals surface area contributed by atoms with Crippen molar-refractivity contribution in [2.24, 2.45) is 5.73 Å². The summed E-state index contributed by atoms with van der Waals surface area (Å²) in [6, 6.07) is 6.05. The van der Waals surface area contributed by atoms with Crippen LogP contribution in [-0.2, 0) is 4.79 Å². The monoisotopic (exact) mass is 245 g/mol. The van der Waals surface area contributed by atoms with E-state index < -0.39 is 10.8 Å². The van der Waals surface area contributed by atoms with Crippen LogP contribution < -0.4 is 10.6 Å². The van der Waals surface area contributed by atoms with E-state index in [9.17, 15) is 14.9 Å². The summed E-state index contributed by atoms with van der Waals surface area (Å²) in [5.41, 5.74) is 6.47. The van der Waals surface area contributed by atoms with Crippen LogP contribution in [0.2, 0.25) is 0 Å². The number of amides is 1. The molecule has 2 rings (SSSR count). The smallest absolute Gasteiger partial charge is 0.269 e. The van der Waals surface area contributed by atoms with Gasteiger partial charge in [-0.2, -0.15) is 0 Å². The molecule has 18 heavy (non-hydrogen) atoms. The van der Waals surface area contributed by atoms with Gasteiger partial charge in [-0.25, -0.2) is 0 Å². The minimum Gasteiger partial charge on any atom is -0.366 e. The molecule has 0 aromatic heterocycles. The number of rotatable bonds is 3. The molecule has 2 N–H and O–H groups in total. The van der Waals surface area contributed by atoms with Gasteiger partial charge < -0.3 is 10.6 Å². The van der Waals surface area contributed by atoms with Crippen molar-refractivity contribution in [1.82, 2.24) is 0 Å². The second-order valence-corrected chi connectivity index (χ2v) is 3.79. The van der Waals surface area contributed by atoms with Crippen molar-refractivity contribution in [3.63, 3.8) is 0 Å². The van der Waals surface area contributed by atoms with Crippen molar-refractivity contribution in [3.05, 3.63) is 58.4 Å². The zero-order valence-corrected chi connectivity index (χ0v) is 9.45. The van der Waals surface area contributed by atoms with E-state index in [1.54, 1.807) is 29.4 Å². The number of carbonyl (C=O) groups is 1. The van der Waals surface area contributed by atoms with Crippen molar-refractivity contribution in [2.45, 2.75) is 6.42 Å². The highest BCUT2D eigenvalue weighted by Crippen LogP contribution is 2.23. The molecule has 0 unspecified atom stereocenters. The number of nitro benzene ring substituents is 1. The average molecular weight is 245 g/mol. The molecular weight excluding hydrogens is 234 g/mol. The van der Waals surface area contributed by atoms with Gasteiger partial charge in [-0.15, -0.1) is 0 Å². The summed E-state index contributed by atoms with van der Waals surface area (Å²) < 4.78 is 0. The zero-order valence-electron chi connectivity index (χ0n) is 9.45. The van der Waals surface area contributed by atoms with E-state index in [0.717, 1.165) is 5.69 Å². The second kappa shape index (κ2) is 4.70. The van der Waals surface area contributed by atoms with Crippen LogP contribution in [0.5, 0.6) is 0 Å². The lowest BCUT2D eigenvalue weighted by Crippen LogP contribution is -2.20. The topological polar surface area (TPSA) is 89.5 Å². The van der Waals surface area contributed by atoms with E-state index in [2.05, 4.69) is 0 Å². The number of primary amides is 1. The first-order chi connectivity index (χ1) is 8.58. The maximum atomic E-state index is 11.1. The van der Waals surface area contributed by atoms with Gasteiger partial charge in [0.15, 0.2) is 0 Å². The Balaban J connectivity index is 2.26. The van der Waals surface area contributed by atoms with Crippen LogP contribution in [0.25, 0.3) is 0 Å². The lowest BCUT2D eigenvalue weighted by molar-refractivity contribution is -0.384. The van der Waals surface area contributed by atoms with Crippen LogP contribution in [0.4, 0.5) is 11.4 Å². The van der Waals surface area contributed by atoms with Crippen LogP contribution >= 0.6 is 0 Å². The fourth-order valence-corrected chi connectivity index (χ4v) is 1.63. The maximum absolute atomic E-state index is 11.1. The Bertz CT molecular complexity index is 546. The van der Waals surface area contributed by atoms with Crippen molar-refractivity contribution < 1.29 is 9.72 Å². The molecule has 0 fully saturated rings. The first-order valence-corrected chi connectivity index (χ1v) is 5.28. The van der Waals surface area contributed by atoms with Crippen molar-refractivity contribution in [3.8, 4) is 0 Å². The van der Waals surface area contributed by atoms with E-state index in [4.69, 9.17) is 5.73 Å². The van der Waals surface area contributed by atoms with Crippen LogP contribution in [0.1, 0.15) is 6.42 Å². The molecule has 0 spiro atoms. The van der Waals surface area contributed by atoms with Gasteiger partial charge >= 0.3 is 0 Å². The Kier molecular flexibility index (Phi) is 3.09. The fourth-order valence-electron chi connectivity index (χ4n) is 1.63. The Labute approximate surface area is 103 Å². The Hall–Kier alpha value is -2.63. The molecule has 0 saturated heterocycles. The largest absolute Gasteiger partial charge is 0.366 e. The summed E-state index contributed by atoms with van der Waals surface area (Å²) in [6.45, 7) is 0. The molecule has 0 bridgehead atoms. The minimum absolute atomic E-state index is 0.0267. The van der Waals surface area contributed by atoms with Crippen LogP contribution in [-0.4, -0.2) is 10.8 Å². The molecule has 1 aliphatic heterocycles. The summed E-state index contributed by atoms with van der Waals surface area (Å²) in [4.78, 5) is 22.9. The molecule has 1 aromatic rings. The normalized spacial score (nSPS) is 14.2. The number of hydrogen-bond acceptors (Lipinski definition) is 4. The Morgan fingerprint density at radius 2 is 2.00 bits per heavy atom. The summed E-state index contributed by atoms with van der Waals surface area (Å²) in [5.74, 6) is -0.466. The minimum atomic E-state index is -0.466. The summed E-state index contributed by atoms with van der Waals surface area (Å²) in [5, 5.41) is 10.5. The third-order valence-electron chi connectivity index (χ3n) is 2.57. The van der Waals surface area contributed by atoms with E-state index in [1.807, 2.05) is 6.08 Å². The summed E-state index contributed by atoms with van der Waals surface area (Å²) in [7, 11) is 0. The fraction of sp³-hybridized carbons (Fsp3) is 0.0833. The van der Waals surface area contributed by atoms with Gasteiger partial charge in [0.2, 0.25) is 5.91 Å². The van der Waals surface area contributed by atoms with E-state index in [1.165, 1.54) is 12.1 Å². The first-order valence-electron chi connectivity index (χ1n) is 5.28. The van der Waals surface area contributed by atoms with Gasteiger partial charge in [0.1, 0.15) is 0 Å². The number of nitro groups is 1. The molecule has 1 amide bonds. The zero-order chi connectivity index (χ0) is 13.1. The van der Waals surface area contributed by atoms with Gasteiger partial charge in [0.25, 0.3) is 5.69 Å². The highest BCUT2D eigenvalue weighted by Gasteiger charge is 2.12. The van der Waals surface area contributed by atoms with Gasteiger partial charge in [-0.1, -0.05) is 6.08 Å². The van der Waals surface area contributed by atoms with Crippen LogP contribution in [0.3, 0.4) is 0 Å². The van der Waals surface area contributed by atoms with Crippen LogP contribution in [0.15, 0.2) is 48.3 Å². The molecule has 0 saturated carbocycles. The second-order valence-electron chi connectivity index (χ2n) is 3.79. The molecule has 0 aliphatic carbocycles. The van der Waals surface area contributed by atoms with Crippen LogP contribution in [0, 0.1) is 10.1 Å². The number of benzene rings is 1. The van der Waals surface area contributed by atoms with Gasteiger partial charge in [-0.05, 0) is 18.6 Å². The van der Waals surface area contributed by atoms with Gasteiger partial charge in [0, 0.05) is 35.8 Å². The molecule has 0 radical (unpaired) electrons. The van der Waals surface area contributed by atoms with Crippen molar-refractivity contribution >= 4 is 17.3 Å². The molecule has 1 aromatic carbocycles. The first kappa shape index (κ1) is 11.8. The maximum Gasteiger partial charge on any atom is 0.269 e. The molecule has 1 heterocycles. The molecular formula is C12H11N3O3. The Morgan fingerprint density at radius 3 is 2.56 bits per heavy atom. The number of allylic oxidation sites excluding steroid dienone is 1. The van der Waals surface area contributed by atoms with Crippen molar-refractivity contribution in [1.29, 1.82) is 0 Å². The average Bonchev–Trinajstić information content (AvgIpc) is 2.39. The predicted molar refractivity (Wildman–Crippen MR) is 66.6 cm³/mol. The summed E-state index contributed by atoms with van der Waals surface area (Å²) >= 11 is 0. The SMILES string of the molecule is NC(=O)C1=CN(c2ccc([N+](=O)[O-])cc2)C=CC1. The predicted octanol–water partition coefficient (Wildman–Crippen LogP) is 1.69. The van der Waals surface area contributed by atoms with Gasteiger partial charge in [0.05, 0.1) is 4.92 Å². The lowest BCUT2D eigenvalue weighted by Gasteiger charge is -2.20. The molecule has 1 aliphatic rings. The Morgan fingerprint density at radius 1 is 1.33 bits per heavy atom. The molecule has 6 heteroatoms. The quantitative estimate of drug-likeness (QED) is 0.648. The lowest BCUT2D eigenvalue weighted by atomic mass is 10.1. The summed E-state index contributed by atoms with van der Waals surface area (Å²) in [6.07, 6.45) is 5.72. The van der Waals surface area contributed by atoms with E-state index in [-0.39, 0.29) is 5.69 Å². The number of carbonyl (C=O) groups excluding carboxylic acids is 1.